The number of alkyl halides is 3. The van der Waals surface area contributed by atoms with Gasteiger partial charge in [-0.2, -0.15) is 13.2 Å². The van der Waals surface area contributed by atoms with Gasteiger partial charge in [0, 0.05) is 0 Å². The van der Waals surface area contributed by atoms with E-state index in [1.54, 1.807) is 0 Å². The molecule has 0 bridgehead atoms. The van der Waals surface area contributed by atoms with Crippen molar-refractivity contribution in [1.82, 2.24) is 0 Å². The molecule has 0 heterocycles. The van der Waals surface area contributed by atoms with Crippen LogP contribution in [0.3, 0.4) is 0 Å². The first-order valence-corrected chi connectivity index (χ1v) is 4.22. The predicted octanol–water partition coefficient (Wildman–Crippen LogP) is 3.32. The molecular weight excluding hydrogens is 259 g/mol. The zero-order valence-electron chi connectivity index (χ0n) is 6.92. The SMILES string of the molecule is Nc1c(Cl)c(N)c(C(F)(F)F)c(F)c1Cl. The molecule has 0 aliphatic carbocycles. The molecule has 0 unspecified atom stereocenters. The smallest absolute Gasteiger partial charge is 0.397 e. The van der Waals surface area contributed by atoms with E-state index in [9.17, 15) is 17.6 Å². The fourth-order valence-electron chi connectivity index (χ4n) is 0.975. The fourth-order valence-corrected chi connectivity index (χ4v) is 1.40. The molecule has 15 heavy (non-hydrogen) atoms. The Morgan fingerprint density at radius 2 is 1.40 bits per heavy atom. The second-order valence-electron chi connectivity index (χ2n) is 2.64. The molecule has 0 amide bonds. The number of benzene rings is 1. The Hall–Kier alpha value is -0.880. The molecule has 0 spiro atoms. The van der Waals surface area contributed by atoms with E-state index >= 15 is 0 Å². The third kappa shape index (κ3) is 1.91. The lowest BCUT2D eigenvalue weighted by atomic mass is 10.1. The molecule has 0 atom stereocenters. The summed E-state index contributed by atoms with van der Waals surface area (Å²) in [7, 11) is 0. The molecule has 0 saturated carbocycles. The summed E-state index contributed by atoms with van der Waals surface area (Å²) in [5.74, 6) is -1.72. The zero-order valence-corrected chi connectivity index (χ0v) is 8.43. The number of hydrogen-bond donors (Lipinski definition) is 2. The maximum absolute atomic E-state index is 13.1. The van der Waals surface area contributed by atoms with Gasteiger partial charge < -0.3 is 11.5 Å². The number of anilines is 2. The Morgan fingerprint density at radius 3 is 1.80 bits per heavy atom. The van der Waals surface area contributed by atoms with Gasteiger partial charge >= 0.3 is 6.18 Å². The first kappa shape index (κ1) is 12.2. The van der Waals surface area contributed by atoms with E-state index in [4.69, 9.17) is 34.7 Å². The molecule has 0 aliphatic heterocycles. The monoisotopic (exact) mass is 262 g/mol. The van der Waals surface area contributed by atoms with Crippen molar-refractivity contribution in [2.24, 2.45) is 0 Å². The first-order valence-electron chi connectivity index (χ1n) is 3.46. The lowest BCUT2D eigenvalue weighted by Crippen LogP contribution is -2.14. The van der Waals surface area contributed by atoms with E-state index in [0.717, 1.165) is 0 Å². The average molecular weight is 263 g/mol. The first-order chi connectivity index (χ1) is 6.68. The highest BCUT2D eigenvalue weighted by Gasteiger charge is 2.39. The van der Waals surface area contributed by atoms with Gasteiger partial charge in [0.25, 0.3) is 0 Å². The lowest BCUT2D eigenvalue weighted by molar-refractivity contribution is -0.139. The fraction of sp³-hybridized carbons (Fsp3) is 0.143. The Balaban J connectivity index is 3.68. The molecule has 4 N–H and O–H groups in total. The molecular formula is C7H4Cl2F4N2. The summed E-state index contributed by atoms with van der Waals surface area (Å²) in [6.45, 7) is 0. The van der Waals surface area contributed by atoms with Crippen molar-refractivity contribution in [3.05, 3.63) is 21.4 Å². The summed E-state index contributed by atoms with van der Waals surface area (Å²) in [5.41, 5.74) is 6.97. The van der Waals surface area contributed by atoms with Crippen LogP contribution in [0.1, 0.15) is 5.56 Å². The van der Waals surface area contributed by atoms with Crippen molar-refractivity contribution >= 4 is 34.6 Å². The van der Waals surface area contributed by atoms with Crippen LogP contribution in [-0.2, 0) is 6.18 Å². The van der Waals surface area contributed by atoms with Crippen LogP contribution in [0.2, 0.25) is 10.0 Å². The van der Waals surface area contributed by atoms with Crippen molar-refractivity contribution in [2.45, 2.75) is 6.18 Å². The predicted molar refractivity (Wildman–Crippen MR) is 50.2 cm³/mol. The van der Waals surface area contributed by atoms with Crippen LogP contribution >= 0.6 is 23.2 Å². The van der Waals surface area contributed by atoms with E-state index in [2.05, 4.69) is 0 Å². The molecule has 2 nitrogen and oxygen atoms in total. The number of nitrogens with two attached hydrogens (primary N) is 2. The largest absolute Gasteiger partial charge is 0.421 e. The quantitative estimate of drug-likeness (QED) is 0.428. The topological polar surface area (TPSA) is 52.0 Å². The summed E-state index contributed by atoms with van der Waals surface area (Å²) >= 11 is 10.6. The summed E-state index contributed by atoms with van der Waals surface area (Å²) in [5, 5.41) is -1.49. The van der Waals surface area contributed by atoms with Crippen LogP contribution in [0.25, 0.3) is 0 Å². The summed E-state index contributed by atoms with van der Waals surface area (Å²) in [6, 6.07) is 0. The van der Waals surface area contributed by atoms with Crippen molar-refractivity contribution in [2.75, 3.05) is 11.5 Å². The highest BCUT2D eigenvalue weighted by atomic mass is 35.5. The van der Waals surface area contributed by atoms with Gasteiger partial charge in [0.15, 0.2) is 5.82 Å². The Kier molecular flexibility index (Phi) is 2.93. The van der Waals surface area contributed by atoms with Crippen LogP contribution in [0.4, 0.5) is 28.9 Å². The van der Waals surface area contributed by atoms with Gasteiger partial charge in [0.2, 0.25) is 0 Å². The maximum atomic E-state index is 13.1. The van der Waals surface area contributed by atoms with E-state index in [-0.39, 0.29) is 0 Å². The highest BCUT2D eigenvalue weighted by molar-refractivity contribution is 6.40. The molecule has 1 aromatic rings. The van der Waals surface area contributed by atoms with Crippen molar-refractivity contribution in [3.63, 3.8) is 0 Å². The van der Waals surface area contributed by atoms with Crippen molar-refractivity contribution in [3.8, 4) is 0 Å². The number of halogens is 6. The Bertz CT molecular complexity index is 387. The molecule has 0 aliphatic rings. The highest BCUT2D eigenvalue weighted by Crippen LogP contribution is 2.45. The van der Waals surface area contributed by atoms with Gasteiger partial charge in [-0.1, -0.05) is 23.2 Å². The molecule has 0 saturated heterocycles. The summed E-state index contributed by atoms with van der Waals surface area (Å²) < 4.78 is 50.1. The molecule has 0 aromatic heterocycles. The number of rotatable bonds is 0. The molecule has 0 radical (unpaired) electrons. The van der Waals surface area contributed by atoms with E-state index in [1.165, 1.54) is 0 Å². The third-order valence-corrected chi connectivity index (χ3v) is 2.45. The van der Waals surface area contributed by atoms with Gasteiger partial charge in [-0.05, 0) is 0 Å². The third-order valence-electron chi connectivity index (χ3n) is 1.67. The summed E-state index contributed by atoms with van der Waals surface area (Å²) in [4.78, 5) is 0. The van der Waals surface area contributed by atoms with E-state index in [0.29, 0.717) is 0 Å². The van der Waals surface area contributed by atoms with Crippen LogP contribution in [0, 0.1) is 5.82 Å². The standard InChI is InChI=1S/C7H4Cl2F4N2/c8-2-4(10)1(7(11,12)13)5(14)3(9)6(2)15/h14-15H2. The van der Waals surface area contributed by atoms with Crippen molar-refractivity contribution in [1.29, 1.82) is 0 Å². The van der Waals surface area contributed by atoms with Crippen LogP contribution in [0.5, 0.6) is 0 Å². The lowest BCUT2D eigenvalue weighted by Gasteiger charge is -2.15. The second-order valence-corrected chi connectivity index (χ2v) is 3.40. The van der Waals surface area contributed by atoms with E-state index < -0.39 is 39.0 Å². The molecule has 8 heteroatoms. The minimum absolute atomic E-state index is 0.513. The van der Waals surface area contributed by atoms with Gasteiger partial charge in [0.05, 0.1) is 16.4 Å². The van der Waals surface area contributed by atoms with Gasteiger partial charge in [-0.15, -0.1) is 0 Å². The average Bonchev–Trinajstić information content (AvgIpc) is 2.09. The Labute approximate surface area is 91.7 Å². The minimum Gasteiger partial charge on any atom is -0.397 e. The number of hydrogen-bond acceptors (Lipinski definition) is 2. The van der Waals surface area contributed by atoms with Gasteiger partial charge in [-0.3, -0.25) is 0 Å². The van der Waals surface area contributed by atoms with Gasteiger partial charge in [-0.25, -0.2) is 4.39 Å². The van der Waals surface area contributed by atoms with Crippen LogP contribution in [-0.4, -0.2) is 0 Å². The second kappa shape index (κ2) is 3.61. The molecule has 0 fully saturated rings. The normalized spacial score (nSPS) is 11.9. The minimum atomic E-state index is -4.98. The Morgan fingerprint density at radius 1 is 0.933 bits per heavy atom. The maximum Gasteiger partial charge on any atom is 0.421 e. The summed E-state index contributed by atoms with van der Waals surface area (Å²) in [6.07, 6.45) is -4.98. The molecule has 1 aromatic carbocycles. The number of nitrogen functional groups attached to an aromatic ring is 2. The van der Waals surface area contributed by atoms with Crippen molar-refractivity contribution < 1.29 is 17.6 Å². The van der Waals surface area contributed by atoms with Crippen LogP contribution in [0.15, 0.2) is 0 Å². The molecule has 84 valence electrons. The van der Waals surface area contributed by atoms with Gasteiger partial charge in [0.1, 0.15) is 10.6 Å². The van der Waals surface area contributed by atoms with Crippen LogP contribution < -0.4 is 11.5 Å². The zero-order chi connectivity index (χ0) is 12.0. The van der Waals surface area contributed by atoms with E-state index in [1.807, 2.05) is 0 Å². The molecule has 1 rings (SSSR count).